The lowest BCUT2D eigenvalue weighted by molar-refractivity contribution is 0.243. The maximum atomic E-state index is 11.7. The van der Waals surface area contributed by atoms with Crippen molar-refractivity contribution in [2.45, 2.75) is 33.2 Å². The van der Waals surface area contributed by atoms with Crippen LogP contribution in [0.5, 0.6) is 0 Å². The Bertz CT molecular complexity index is 489. The van der Waals surface area contributed by atoms with Gasteiger partial charge in [-0.1, -0.05) is 6.92 Å². The minimum Gasteiger partial charge on any atom is -0.396 e. The molecule has 0 fully saturated rings. The first kappa shape index (κ1) is 16.0. The van der Waals surface area contributed by atoms with Gasteiger partial charge in [0.05, 0.1) is 0 Å². The van der Waals surface area contributed by atoms with Crippen molar-refractivity contribution in [3.63, 3.8) is 0 Å². The number of rotatable bonds is 6. The van der Waals surface area contributed by atoms with E-state index in [1.54, 1.807) is 10.9 Å². The van der Waals surface area contributed by atoms with E-state index in [-0.39, 0.29) is 24.4 Å². The van der Waals surface area contributed by atoms with Crippen molar-refractivity contribution in [2.75, 3.05) is 18.5 Å². The molecule has 0 saturated carbocycles. The third-order valence-corrected chi connectivity index (χ3v) is 2.85. The second kappa shape index (κ2) is 7.50. The molecule has 20 heavy (non-hydrogen) atoms. The Morgan fingerprint density at radius 2 is 2.25 bits per heavy atom. The first-order valence-electron chi connectivity index (χ1n) is 6.62. The number of anilines is 1. The van der Waals surface area contributed by atoms with Crippen LogP contribution in [0.3, 0.4) is 0 Å². The highest BCUT2D eigenvalue weighted by molar-refractivity contribution is 5.89. The summed E-state index contributed by atoms with van der Waals surface area (Å²) >= 11 is 0. The summed E-state index contributed by atoms with van der Waals surface area (Å²) in [5, 5.41) is 27.2. The van der Waals surface area contributed by atoms with E-state index in [2.05, 4.69) is 15.7 Å². The van der Waals surface area contributed by atoms with Gasteiger partial charge in [-0.25, -0.2) is 4.79 Å². The van der Waals surface area contributed by atoms with Gasteiger partial charge in [-0.3, -0.25) is 10.00 Å². The number of carbonyl (C=O) groups excluding carboxylic acids is 1. The monoisotopic (exact) mass is 279 g/mol. The van der Waals surface area contributed by atoms with Gasteiger partial charge in [0.15, 0.2) is 5.82 Å². The Kier molecular flexibility index (Phi) is 6.00. The molecule has 0 aliphatic rings. The highest BCUT2D eigenvalue weighted by atomic mass is 16.3. The standard InChI is InChI=1S/C13H21N5O2/c1-9(2)18-8-11(6-14)12(17-18)16-13(20)15-7-10(3)4-5-19/h8-10,19H,4-5,7H2,1-3H3,(H2,15,16,17,20). The molecular weight excluding hydrogens is 258 g/mol. The van der Waals surface area contributed by atoms with Crippen molar-refractivity contribution >= 4 is 11.8 Å². The molecule has 7 nitrogen and oxygen atoms in total. The number of hydrogen-bond donors (Lipinski definition) is 3. The summed E-state index contributed by atoms with van der Waals surface area (Å²) in [6.07, 6.45) is 2.24. The molecule has 1 heterocycles. The number of carbonyl (C=O) groups is 1. The molecule has 1 rings (SSSR count). The van der Waals surface area contributed by atoms with Gasteiger partial charge in [0.25, 0.3) is 0 Å². The van der Waals surface area contributed by atoms with Gasteiger partial charge in [-0.15, -0.1) is 0 Å². The van der Waals surface area contributed by atoms with Crippen LogP contribution in [0.2, 0.25) is 0 Å². The van der Waals surface area contributed by atoms with E-state index < -0.39 is 6.03 Å². The van der Waals surface area contributed by atoms with E-state index in [4.69, 9.17) is 10.4 Å². The zero-order valence-corrected chi connectivity index (χ0v) is 12.1. The number of aromatic nitrogens is 2. The average Bonchev–Trinajstić information content (AvgIpc) is 2.80. The maximum absolute atomic E-state index is 11.7. The molecule has 3 N–H and O–H groups in total. The SMILES string of the molecule is CC(CCO)CNC(=O)Nc1nn(C(C)C)cc1C#N. The van der Waals surface area contributed by atoms with Crippen LogP contribution >= 0.6 is 0 Å². The van der Waals surface area contributed by atoms with E-state index in [1.807, 2.05) is 26.8 Å². The summed E-state index contributed by atoms with van der Waals surface area (Å²) < 4.78 is 1.63. The summed E-state index contributed by atoms with van der Waals surface area (Å²) in [6, 6.07) is 1.72. The second-order valence-corrected chi connectivity index (χ2v) is 5.03. The van der Waals surface area contributed by atoms with Crippen LogP contribution in [0, 0.1) is 17.2 Å². The van der Waals surface area contributed by atoms with Crippen molar-refractivity contribution in [2.24, 2.45) is 5.92 Å². The largest absolute Gasteiger partial charge is 0.396 e. The Morgan fingerprint density at radius 1 is 1.55 bits per heavy atom. The van der Waals surface area contributed by atoms with E-state index in [9.17, 15) is 4.79 Å². The summed E-state index contributed by atoms with van der Waals surface area (Å²) in [7, 11) is 0. The molecule has 0 spiro atoms. The number of aliphatic hydroxyl groups is 1. The van der Waals surface area contributed by atoms with Gasteiger partial charge >= 0.3 is 6.03 Å². The van der Waals surface area contributed by atoms with Crippen molar-refractivity contribution < 1.29 is 9.90 Å². The number of aliphatic hydroxyl groups excluding tert-OH is 1. The quantitative estimate of drug-likeness (QED) is 0.733. The third kappa shape index (κ3) is 4.55. The Balaban J connectivity index is 2.60. The number of urea groups is 1. The van der Waals surface area contributed by atoms with E-state index in [0.29, 0.717) is 18.5 Å². The topological polar surface area (TPSA) is 103 Å². The summed E-state index contributed by atoms with van der Waals surface area (Å²) in [5.74, 6) is 0.447. The minimum atomic E-state index is -0.403. The molecule has 0 aliphatic heterocycles. The van der Waals surface area contributed by atoms with Gasteiger partial charge in [0.2, 0.25) is 0 Å². The Labute approximate surface area is 118 Å². The molecule has 1 aromatic heterocycles. The van der Waals surface area contributed by atoms with E-state index in [1.165, 1.54) is 0 Å². The number of hydrogen-bond acceptors (Lipinski definition) is 4. The van der Waals surface area contributed by atoms with Gasteiger partial charge in [0.1, 0.15) is 11.6 Å². The zero-order chi connectivity index (χ0) is 15.1. The lowest BCUT2D eigenvalue weighted by Gasteiger charge is -2.11. The van der Waals surface area contributed by atoms with Gasteiger partial charge in [-0.05, 0) is 26.2 Å². The molecule has 7 heteroatoms. The van der Waals surface area contributed by atoms with Crippen LogP contribution in [0.1, 0.15) is 38.8 Å². The van der Waals surface area contributed by atoms with Crippen LogP contribution in [-0.4, -0.2) is 34.1 Å². The molecule has 0 bridgehead atoms. The summed E-state index contributed by atoms with van der Waals surface area (Å²) in [4.78, 5) is 11.7. The van der Waals surface area contributed by atoms with Crippen LogP contribution in [-0.2, 0) is 0 Å². The fourth-order valence-electron chi connectivity index (χ4n) is 1.57. The lowest BCUT2D eigenvalue weighted by Crippen LogP contribution is -2.33. The highest BCUT2D eigenvalue weighted by Crippen LogP contribution is 2.15. The average molecular weight is 279 g/mol. The molecule has 0 aromatic carbocycles. The number of nitrogens with zero attached hydrogens (tertiary/aromatic N) is 3. The Morgan fingerprint density at radius 3 is 2.80 bits per heavy atom. The third-order valence-electron chi connectivity index (χ3n) is 2.85. The fraction of sp³-hybridized carbons (Fsp3) is 0.615. The van der Waals surface area contributed by atoms with Crippen LogP contribution < -0.4 is 10.6 Å². The minimum absolute atomic E-state index is 0.0990. The van der Waals surface area contributed by atoms with Gasteiger partial charge in [0, 0.05) is 25.4 Å². The lowest BCUT2D eigenvalue weighted by atomic mass is 10.1. The van der Waals surface area contributed by atoms with Crippen molar-refractivity contribution in [1.29, 1.82) is 5.26 Å². The summed E-state index contributed by atoms with van der Waals surface area (Å²) in [6.45, 7) is 6.37. The first-order chi connectivity index (χ1) is 9.47. The highest BCUT2D eigenvalue weighted by Gasteiger charge is 2.13. The van der Waals surface area contributed by atoms with Crippen molar-refractivity contribution in [3.05, 3.63) is 11.8 Å². The molecule has 0 aliphatic carbocycles. The van der Waals surface area contributed by atoms with Crippen molar-refractivity contribution in [1.82, 2.24) is 15.1 Å². The van der Waals surface area contributed by atoms with Crippen LogP contribution in [0.15, 0.2) is 6.20 Å². The normalized spacial score (nSPS) is 12.0. The number of nitriles is 1. The molecule has 0 saturated heterocycles. The summed E-state index contributed by atoms with van der Waals surface area (Å²) in [5.41, 5.74) is 0.331. The van der Waals surface area contributed by atoms with Crippen LogP contribution in [0.4, 0.5) is 10.6 Å². The number of nitrogens with one attached hydrogen (secondary N) is 2. The molecule has 0 radical (unpaired) electrons. The maximum Gasteiger partial charge on any atom is 0.320 e. The van der Waals surface area contributed by atoms with Gasteiger partial charge in [-0.2, -0.15) is 10.4 Å². The molecule has 110 valence electrons. The predicted molar refractivity (Wildman–Crippen MR) is 75.2 cm³/mol. The second-order valence-electron chi connectivity index (χ2n) is 5.03. The number of amides is 2. The Hall–Kier alpha value is -2.07. The van der Waals surface area contributed by atoms with Gasteiger partial charge < -0.3 is 10.4 Å². The molecule has 1 aromatic rings. The molecule has 2 amide bonds. The molecule has 1 atom stereocenters. The van der Waals surface area contributed by atoms with E-state index >= 15 is 0 Å². The zero-order valence-electron chi connectivity index (χ0n) is 12.1. The smallest absolute Gasteiger partial charge is 0.320 e. The molecular formula is C13H21N5O2. The molecule has 1 unspecified atom stereocenters. The first-order valence-corrected chi connectivity index (χ1v) is 6.62. The van der Waals surface area contributed by atoms with E-state index in [0.717, 1.165) is 0 Å². The fourth-order valence-corrected chi connectivity index (χ4v) is 1.57. The van der Waals surface area contributed by atoms with Crippen LogP contribution in [0.25, 0.3) is 0 Å². The predicted octanol–water partition coefficient (Wildman–Crippen LogP) is 1.48. The van der Waals surface area contributed by atoms with Crippen molar-refractivity contribution in [3.8, 4) is 6.07 Å².